The number of benzene rings is 1. The van der Waals surface area contributed by atoms with Crippen molar-refractivity contribution in [3.8, 4) is 0 Å². The number of anilines is 1. The molecule has 39 heavy (non-hydrogen) atoms. The third kappa shape index (κ3) is 4.47. The molecule has 1 atom stereocenters. The second-order valence-electron chi connectivity index (χ2n) is 9.93. The Morgan fingerprint density at radius 2 is 1.95 bits per heavy atom. The SMILES string of the molecule is C=C1CCC(N2C(=O)c3cccc(NCc4cnn(C5CCN(C(=O)c6cnco6)CC5)c4)c3C2=O)C(=O)N1. The van der Waals surface area contributed by atoms with Gasteiger partial charge >= 0.3 is 0 Å². The molecule has 0 saturated carbocycles. The molecular weight excluding hydrogens is 502 g/mol. The van der Waals surface area contributed by atoms with Crippen molar-refractivity contribution in [2.45, 2.75) is 44.3 Å². The van der Waals surface area contributed by atoms with Crippen molar-refractivity contribution >= 4 is 29.3 Å². The molecule has 2 N–H and O–H groups in total. The molecule has 6 rings (SSSR count). The third-order valence-corrected chi connectivity index (χ3v) is 7.49. The molecule has 0 spiro atoms. The summed E-state index contributed by atoms with van der Waals surface area (Å²) in [5, 5.41) is 10.4. The van der Waals surface area contributed by atoms with Crippen LogP contribution >= 0.6 is 0 Å². The number of hydrogen-bond acceptors (Lipinski definition) is 8. The Hall–Kier alpha value is -4.74. The van der Waals surface area contributed by atoms with Gasteiger partial charge in [-0.1, -0.05) is 12.6 Å². The predicted octanol–water partition coefficient (Wildman–Crippen LogP) is 2.35. The smallest absolute Gasteiger partial charge is 0.291 e. The Morgan fingerprint density at radius 1 is 1.13 bits per heavy atom. The first-order valence-corrected chi connectivity index (χ1v) is 12.8. The second kappa shape index (κ2) is 9.86. The summed E-state index contributed by atoms with van der Waals surface area (Å²) in [5.41, 5.74) is 2.58. The van der Waals surface area contributed by atoms with Crippen LogP contribution in [-0.2, 0) is 11.3 Å². The molecule has 1 unspecified atom stereocenters. The van der Waals surface area contributed by atoms with E-state index >= 15 is 0 Å². The lowest BCUT2D eigenvalue weighted by Gasteiger charge is -2.31. The number of hydrogen-bond donors (Lipinski definition) is 2. The van der Waals surface area contributed by atoms with E-state index in [9.17, 15) is 19.2 Å². The molecule has 4 amide bonds. The number of carbonyl (C=O) groups is 4. The number of likely N-dealkylation sites (tertiary alicyclic amines) is 1. The third-order valence-electron chi connectivity index (χ3n) is 7.49. The molecule has 3 aliphatic heterocycles. The fourth-order valence-corrected chi connectivity index (χ4v) is 5.42. The van der Waals surface area contributed by atoms with E-state index in [0.29, 0.717) is 43.9 Å². The number of allylic oxidation sites excluding steroid dienone is 1. The Bertz CT molecular complexity index is 1470. The summed E-state index contributed by atoms with van der Waals surface area (Å²) in [6.45, 7) is 5.34. The van der Waals surface area contributed by atoms with Gasteiger partial charge < -0.3 is 20.0 Å². The van der Waals surface area contributed by atoms with E-state index < -0.39 is 23.8 Å². The molecule has 12 nitrogen and oxygen atoms in total. The Labute approximate surface area is 223 Å². The van der Waals surface area contributed by atoms with Gasteiger partial charge in [0, 0.05) is 42.8 Å². The molecule has 0 radical (unpaired) electrons. The minimum atomic E-state index is -0.855. The monoisotopic (exact) mass is 529 g/mol. The highest BCUT2D eigenvalue weighted by Gasteiger charge is 2.45. The predicted molar refractivity (Wildman–Crippen MR) is 137 cm³/mol. The number of piperidine rings is 2. The van der Waals surface area contributed by atoms with E-state index in [1.54, 1.807) is 29.3 Å². The first-order chi connectivity index (χ1) is 18.9. The van der Waals surface area contributed by atoms with Gasteiger partial charge in [-0.25, -0.2) is 4.98 Å². The first kappa shape index (κ1) is 24.6. The fourth-order valence-electron chi connectivity index (χ4n) is 5.42. The van der Waals surface area contributed by atoms with Crippen LogP contribution in [0.5, 0.6) is 0 Å². The van der Waals surface area contributed by atoms with Gasteiger partial charge in [0.2, 0.25) is 11.7 Å². The average Bonchev–Trinajstić information content (AvgIpc) is 3.69. The Balaban J connectivity index is 1.10. The van der Waals surface area contributed by atoms with Crippen molar-refractivity contribution in [2.24, 2.45) is 0 Å². The molecule has 12 heteroatoms. The first-order valence-electron chi connectivity index (χ1n) is 12.8. The molecule has 2 aromatic heterocycles. The van der Waals surface area contributed by atoms with Crippen LogP contribution in [0.3, 0.4) is 0 Å². The van der Waals surface area contributed by atoms with E-state index in [2.05, 4.69) is 27.3 Å². The number of imide groups is 1. The number of amides is 4. The minimum absolute atomic E-state index is 0.156. The zero-order valence-corrected chi connectivity index (χ0v) is 21.1. The van der Waals surface area contributed by atoms with Crippen molar-refractivity contribution < 1.29 is 23.6 Å². The molecule has 3 aliphatic rings. The highest BCUT2D eigenvalue weighted by atomic mass is 16.3. The fraction of sp³-hybridized carbons (Fsp3) is 0.333. The number of fused-ring (bicyclic) bond motifs is 1. The molecule has 0 bridgehead atoms. The number of rotatable bonds is 6. The van der Waals surface area contributed by atoms with E-state index in [1.165, 1.54) is 12.6 Å². The van der Waals surface area contributed by atoms with E-state index in [1.807, 2.05) is 10.9 Å². The molecule has 2 fully saturated rings. The zero-order valence-electron chi connectivity index (χ0n) is 21.1. The lowest BCUT2D eigenvalue weighted by atomic mass is 10.0. The van der Waals surface area contributed by atoms with Crippen molar-refractivity contribution in [1.29, 1.82) is 0 Å². The van der Waals surface area contributed by atoms with Crippen molar-refractivity contribution in [3.63, 3.8) is 0 Å². The highest BCUT2D eigenvalue weighted by Crippen LogP contribution is 2.33. The molecule has 3 aromatic rings. The number of nitrogens with one attached hydrogen (secondary N) is 2. The van der Waals surface area contributed by atoms with Crippen LogP contribution in [0.1, 0.15) is 68.6 Å². The van der Waals surface area contributed by atoms with Crippen molar-refractivity contribution in [2.75, 3.05) is 18.4 Å². The molecule has 2 saturated heterocycles. The summed E-state index contributed by atoms with van der Waals surface area (Å²) in [6.07, 6.45) is 8.77. The normalized spacial score (nSPS) is 19.8. The van der Waals surface area contributed by atoms with E-state index in [0.717, 1.165) is 23.3 Å². The lowest BCUT2D eigenvalue weighted by Crippen LogP contribution is -2.51. The van der Waals surface area contributed by atoms with Gasteiger partial charge in [0.05, 0.1) is 29.6 Å². The van der Waals surface area contributed by atoms with Gasteiger partial charge in [0.1, 0.15) is 6.04 Å². The Kier molecular flexibility index (Phi) is 6.21. The largest absolute Gasteiger partial charge is 0.438 e. The molecular formula is C27H27N7O5. The minimum Gasteiger partial charge on any atom is -0.438 e. The van der Waals surface area contributed by atoms with Gasteiger partial charge in [0.25, 0.3) is 17.7 Å². The van der Waals surface area contributed by atoms with E-state index in [4.69, 9.17) is 4.42 Å². The quantitative estimate of drug-likeness (QED) is 0.464. The van der Waals surface area contributed by atoms with Gasteiger partial charge in [0.15, 0.2) is 6.39 Å². The standard InChI is InChI=1S/C27H27N7O5/c1-16-5-6-21(24(35)31-16)34-25(36)19-3-2-4-20(23(19)27(34)38)29-11-17-12-30-33(14-17)18-7-9-32(10-8-18)26(37)22-13-28-15-39-22/h2-4,12-15,18,21,29H,1,5-11H2,(H,31,35). The van der Waals surface area contributed by atoms with Crippen LogP contribution in [0.4, 0.5) is 5.69 Å². The molecule has 1 aromatic carbocycles. The lowest BCUT2D eigenvalue weighted by molar-refractivity contribution is -0.125. The summed E-state index contributed by atoms with van der Waals surface area (Å²) in [6, 6.07) is 4.38. The summed E-state index contributed by atoms with van der Waals surface area (Å²) >= 11 is 0. The van der Waals surface area contributed by atoms with Crippen LogP contribution in [0.2, 0.25) is 0 Å². The summed E-state index contributed by atoms with van der Waals surface area (Å²) in [4.78, 5) is 58.0. The van der Waals surface area contributed by atoms with Crippen LogP contribution in [0.25, 0.3) is 0 Å². The Morgan fingerprint density at radius 3 is 2.69 bits per heavy atom. The summed E-state index contributed by atoms with van der Waals surface area (Å²) in [5.74, 6) is -1.26. The maximum absolute atomic E-state index is 13.3. The van der Waals surface area contributed by atoms with Gasteiger partial charge in [-0.05, 0) is 37.8 Å². The topological polar surface area (TPSA) is 143 Å². The zero-order chi connectivity index (χ0) is 27.1. The van der Waals surface area contributed by atoms with Crippen LogP contribution in [0, 0.1) is 0 Å². The van der Waals surface area contributed by atoms with Gasteiger partial charge in [-0.15, -0.1) is 0 Å². The average molecular weight is 530 g/mol. The molecule has 5 heterocycles. The highest BCUT2D eigenvalue weighted by molar-refractivity contribution is 6.25. The second-order valence-corrected chi connectivity index (χ2v) is 9.93. The number of carbonyl (C=O) groups excluding carboxylic acids is 4. The number of oxazole rings is 1. The van der Waals surface area contributed by atoms with Gasteiger partial charge in [-0.2, -0.15) is 5.10 Å². The molecule has 200 valence electrons. The maximum Gasteiger partial charge on any atom is 0.291 e. The number of nitrogens with zero attached hydrogens (tertiary/aromatic N) is 5. The van der Waals surface area contributed by atoms with Crippen molar-refractivity contribution in [3.05, 3.63) is 77.9 Å². The van der Waals surface area contributed by atoms with Crippen LogP contribution < -0.4 is 10.6 Å². The van der Waals surface area contributed by atoms with Crippen LogP contribution in [0.15, 0.2) is 59.9 Å². The van der Waals surface area contributed by atoms with Crippen molar-refractivity contribution in [1.82, 2.24) is 29.9 Å². The van der Waals surface area contributed by atoms with Crippen LogP contribution in [-0.4, -0.2) is 67.3 Å². The van der Waals surface area contributed by atoms with E-state index in [-0.39, 0.29) is 28.8 Å². The molecule has 0 aliphatic carbocycles. The summed E-state index contributed by atoms with van der Waals surface area (Å²) in [7, 11) is 0. The number of aromatic nitrogens is 3. The maximum atomic E-state index is 13.3. The summed E-state index contributed by atoms with van der Waals surface area (Å²) < 4.78 is 7.03. The van der Waals surface area contributed by atoms with Gasteiger partial charge in [-0.3, -0.25) is 28.8 Å².